The van der Waals surface area contributed by atoms with E-state index >= 15 is 0 Å². The summed E-state index contributed by atoms with van der Waals surface area (Å²) in [7, 11) is 0. The summed E-state index contributed by atoms with van der Waals surface area (Å²) >= 11 is 0. The van der Waals surface area contributed by atoms with Crippen molar-refractivity contribution in [3.63, 3.8) is 0 Å². The number of benzene rings is 8. The molecule has 0 aliphatic heterocycles. The molecule has 238 valence electrons. The molecule has 0 saturated carbocycles. The fourth-order valence-corrected chi connectivity index (χ4v) is 7.18. The topological polar surface area (TPSA) is 51.8 Å². The molecule has 0 fully saturated rings. The summed E-state index contributed by atoms with van der Waals surface area (Å²) in [6, 6.07) is 61.1. The molecule has 10 rings (SSSR count). The third kappa shape index (κ3) is 5.13. The van der Waals surface area contributed by atoms with E-state index in [2.05, 4.69) is 115 Å². The molecule has 2 heterocycles. The number of hydrogen-bond acceptors (Lipinski definition) is 4. The molecule has 0 radical (unpaired) electrons. The Balaban J connectivity index is 1.23. The first-order valence-electron chi connectivity index (χ1n) is 17.1. The molecule has 0 N–H and O–H groups in total. The molecular weight excluding hydrogens is 623 g/mol. The highest BCUT2D eigenvalue weighted by Crippen LogP contribution is 2.43. The third-order valence-electron chi connectivity index (χ3n) is 9.68. The summed E-state index contributed by atoms with van der Waals surface area (Å²) in [5.41, 5.74) is 8.92. The maximum absolute atomic E-state index is 6.70. The number of nitrogens with zero attached hydrogens (tertiary/aromatic N) is 3. The molecule has 0 spiro atoms. The standard InChI is InChI=1S/C47H29N3O/c1-4-12-30(13-5-1)34-20-21-36-27-37(23-22-35(36)26-34)40-28-38(29-42-44(40)43-39-19-11-10-14-31(39)24-25-41(43)51-42)47-49-45(32-15-6-2-7-16-32)48-46(50-47)33-17-8-3-9-18-33/h1-29H. The van der Waals surface area contributed by atoms with Gasteiger partial charge in [-0.25, -0.2) is 15.0 Å². The fraction of sp³-hybridized carbons (Fsp3) is 0. The van der Waals surface area contributed by atoms with Crippen LogP contribution < -0.4 is 0 Å². The largest absolute Gasteiger partial charge is 0.456 e. The van der Waals surface area contributed by atoms with Gasteiger partial charge in [0.1, 0.15) is 11.2 Å². The first-order valence-corrected chi connectivity index (χ1v) is 17.1. The highest BCUT2D eigenvalue weighted by atomic mass is 16.3. The monoisotopic (exact) mass is 651 g/mol. The van der Waals surface area contributed by atoms with E-state index in [4.69, 9.17) is 19.4 Å². The molecule has 0 aliphatic carbocycles. The van der Waals surface area contributed by atoms with Gasteiger partial charge in [0.15, 0.2) is 17.5 Å². The molecule has 0 aliphatic rings. The quantitative estimate of drug-likeness (QED) is 0.186. The maximum atomic E-state index is 6.70. The van der Waals surface area contributed by atoms with E-state index in [-0.39, 0.29) is 0 Å². The molecule has 4 heteroatoms. The van der Waals surface area contributed by atoms with Crippen molar-refractivity contribution in [2.75, 3.05) is 0 Å². The van der Waals surface area contributed by atoms with E-state index in [0.29, 0.717) is 17.5 Å². The first kappa shape index (κ1) is 29.0. The fourth-order valence-electron chi connectivity index (χ4n) is 7.18. The molecule has 2 aromatic heterocycles. The van der Waals surface area contributed by atoms with Crippen LogP contribution in [0.4, 0.5) is 0 Å². The number of rotatable bonds is 5. The zero-order valence-electron chi connectivity index (χ0n) is 27.5. The van der Waals surface area contributed by atoms with Crippen LogP contribution in [-0.4, -0.2) is 15.0 Å². The normalized spacial score (nSPS) is 11.5. The predicted molar refractivity (Wildman–Crippen MR) is 209 cm³/mol. The molecule has 4 nitrogen and oxygen atoms in total. The van der Waals surface area contributed by atoms with Gasteiger partial charge in [-0.1, -0.05) is 146 Å². The zero-order chi connectivity index (χ0) is 33.7. The highest BCUT2D eigenvalue weighted by Gasteiger charge is 2.20. The van der Waals surface area contributed by atoms with E-state index < -0.39 is 0 Å². The lowest BCUT2D eigenvalue weighted by Gasteiger charge is -2.12. The molecule has 0 atom stereocenters. The predicted octanol–water partition coefficient (Wildman–Crippen LogP) is 12.4. The summed E-state index contributed by atoms with van der Waals surface area (Å²) < 4.78 is 6.70. The van der Waals surface area contributed by atoms with Crippen LogP contribution in [0.5, 0.6) is 0 Å². The van der Waals surface area contributed by atoms with Crippen LogP contribution in [0.25, 0.3) is 99.9 Å². The summed E-state index contributed by atoms with van der Waals surface area (Å²) in [6.07, 6.45) is 0. The minimum absolute atomic E-state index is 0.587. The van der Waals surface area contributed by atoms with Gasteiger partial charge in [0, 0.05) is 27.5 Å². The second-order valence-corrected chi connectivity index (χ2v) is 12.8. The summed E-state index contributed by atoms with van der Waals surface area (Å²) in [5.74, 6) is 1.83. The Bertz CT molecular complexity index is 2840. The van der Waals surface area contributed by atoms with Crippen LogP contribution in [-0.2, 0) is 0 Å². The van der Waals surface area contributed by atoms with Gasteiger partial charge >= 0.3 is 0 Å². The van der Waals surface area contributed by atoms with Gasteiger partial charge in [-0.2, -0.15) is 0 Å². The lowest BCUT2D eigenvalue weighted by atomic mass is 9.93. The van der Waals surface area contributed by atoms with E-state index in [1.807, 2.05) is 60.7 Å². The van der Waals surface area contributed by atoms with Crippen LogP contribution >= 0.6 is 0 Å². The molecular formula is C47H29N3O. The van der Waals surface area contributed by atoms with Crippen LogP contribution in [0.1, 0.15) is 0 Å². The molecule has 0 amide bonds. The summed E-state index contributed by atoms with van der Waals surface area (Å²) in [6.45, 7) is 0. The lowest BCUT2D eigenvalue weighted by Crippen LogP contribution is -2.00. The number of aromatic nitrogens is 3. The van der Waals surface area contributed by atoms with Crippen molar-refractivity contribution >= 4 is 43.5 Å². The van der Waals surface area contributed by atoms with Crippen LogP contribution in [0.2, 0.25) is 0 Å². The summed E-state index contributed by atoms with van der Waals surface area (Å²) in [5, 5.41) is 6.87. The Morgan fingerprint density at radius 1 is 0.314 bits per heavy atom. The smallest absolute Gasteiger partial charge is 0.164 e. The van der Waals surface area contributed by atoms with Crippen molar-refractivity contribution in [3.05, 3.63) is 176 Å². The van der Waals surface area contributed by atoms with Gasteiger partial charge in [0.2, 0.25) is 0 Å². The maximum Gasteiger partial charge on any atom is 0.164 e. The van der Waals surface area contributed by atoms with Crippen molar-refractivity contribution < 1.29 is 4.42 Å². The number of hydrogen-bond donors (Lipinski definition) is 0. The molecule has 51 heavy (non-hydrogen) atoms. The SMILES string of the molecule is c1ccc(-c2ccc3cc(-c4cc(-c5nc(-c6ccccc6)nc(-c6ccccc6)n5)cc5oc6ccc7ccccc7c6c45)ccc3c2)cc1. The van der Waals surface area contributed by atoms with Gasteiger partial charge in [-0.15, -0.1) is 0 Å². The number of fused-ring (bicyclic) bond motifs is 6. The Kier molecular flexibility index (Phi) is 6.78. The second-order valence-electron chi connectivity index (χ2n) is 12.8. The Labute approximate surface area is 294 Å². The van der Waals surface area contributed by atoms with Gasteiger partial charge in [-0.05, 0) is 74.1 Å². The number of furan rings is 1. The Morgan fingerprint density at radius 3 is 1.51 bits per heavy atom. The highest BCUT2D eigenvalue weighted by molar-refractivity contribution is 6.23. The molecule has 10 aromatic rings. The van der Waals surface area contributed by atoms with Crippen molar-refractivity contribution in [3.8, 4) is 56.4 Å². The van der Waals surface area contributed by atoms with E-state index in [9.17, 15) is 0 Å². The van der Waals surface area contributed by atoms with Crippen LogP contribution in [0.15, 0.2) is 180 Å². The average molecular weight is 652 g/mol. The average Bonchev–Trinajstić information content (AvgIpc) is 3.60. The van der Waals surface area contributed by atoms with Crippen molar-refractivity contribution in [1.82, 2.24) is 15.0 Å². The van der Waals surface area contributed by atoms with Crippen molar-refractivity contribution in [1.29, 1.82) is 0 Å². The minimum atomic E-state index is 0.587. The molecule has 8 aromatic carbocycles. The third-order valence-corrected chi connectivity index (χ3v) is 9.68. The molecule has 0 saturated heterocycles. The van der Waals surface area contributed by atoms with Crippen LogP contribution in [0, 0.1) is 0 Å². The summed E-state index contributed by atoms with van der Waals surface area (Å²) in [4.78, 5) is 15.1. The minimum Gasteiger partial charge on any atom is -0.456 e. The van der Waals surface area contributed by atoms with Crippen molar-refractivity contribution in [2.24, 2.45) is 0 Å². The Hall–Kier alpha value is -6.91. The van der Waals surface area contributed by atoms with E-state index in [1.165, 1.54) is 27.3 Å². The van der Waals surface area contributed by atoms with E-state index in [1.54, 1.807) is 0 Å². The zero-order valence-corrected chi connectivity index (χ0v) is 27.5. The van der Waals surface area contributed by atoms with Crippen molar-refractivity contribution in [2.45, 2.75) is 0 Å². The second kappa shape index (κ2) is 11.9. The molecule has 0 bridgehead atoms. The van der Waals surface area contributed by atoms with Gasteiger partial charge < -0.3 is 4.42 Å². The van der Waals surface area contributed by atoms with Gasteiger partial charge in [0.05, 0.1) is 0 Å². The van der Waals surface area contributed by atoms with E-state index in [0.717, 1.165) is 55.1 Å². The lowest BCUT2D eigenvalue weighted by molar-refractivity contribution is 0.669. The van der Waals surface area contributed by atoms with Gasteiger partial charge in [-0.3, -0.25) is 0 Å². The first-order chi connectivity index (χ1) is 25.2. The van der Waals surface area contributed by atoms with Crippen LogP contribution in [0.3, 0.4) is 0 Å². The molecule has 0 unspecified atom stereocenters. The van der Waals surface area contributed by atoms with Gasteiger partial charge in [0.25, 0.3) is 0 Å². The Morgan fingerprint density at radius 2 is 0.843 bits per heavy atom.